The Labute approximate surface area is 281 Å². The summed E-state index contributed by atoms with van der Waals surface area (Å²) in [6.07, 6.45) is 4.82. The molecule has 0 spiro atoms. The molecule has 1 amide bonds. The zero-order valence-electron chi connectivity index (χ0n) is 28.6. The van der Waals surface area contributed by atoms with Crippen LogP contribution in [0.3, 0.4) is 0 Å². The quantitative estimate of drug-likeness (QED) is 0.215. The van der Waals surface area contributed by atoms with E-state index in [1.54, 1.807) is 25.1 Å². The molecule has 254 valence electrons. The lowest BCUT2D eigenvalue weighted by molar-refractivity contribution is -0.149. The van der Waals surface area contributed by atoms with E-state index in [-0.39, 0.29) is 42.6 Å². The van der Waals surface area contributed by atoms with E-state index in [2.05, 4.69) is 6.92 Å². The summed E-state index contributed by atoms with van der Waals surface area (Å²) in [5, 5.41) is 0. The molecular formula is C40H45F2NO5. The van der Waals surface area contributed by atoms with Gasteiger partial charge in [0, 0.05) is 24.2 Å². The Hall–Kier alpha value is -3.78. The van der Waals surface area contributed by atoms with Crippen LogP contribution in [0.5, 0.6) is 5.75 Å². The highest BCUT2D eigenvalue weighted by Gasteiger charge is 2.44. The second-order valence-electron chi connectivity index (χ2n) is 14.8. The Morgan fingerprint density at radius 3 is 2.33 bits per heavy atom. The first-order valence-electron chi connectivity index (χ1n) is 17.5. The fraction of sp³-hybridized carbons (Fsp3) is 0.500. The van der Waals surface area contributed by atoms with Gasteiger partial charge in [0.2, 0.25) is 0 Å². The summed E-state index contributed by atoms with van der Waals surface area (Å²) in [7, 11) is 0. The molecule has 2 aliphatic heterocycles. The van der Waals surface area contributed by atoms with Gasteiger partial charge in [-0.25, -0.2) is 8.78 Å². The Morgan fingerprint density at radius 1 is 1.00 bits per heavy atom. The second-order valence-corrected chi connectivity index (χ2v) is 14.8. The van der Waals surface area contributed by atoms with E-state index in [1.807, 2.05) is 25.7 Å². The van der Waals surface area contributed by atoms with E-state index in [9.17, 15) is 14.0 Å². The number of benzene rings is 3. The van der Waals surface area contributed by atoms with Crippen LogP contribution in [0.25, 0.3) is 11.1 Å². The third-order valence-corrected chi connectivity index (χ3v) is 10.1. The van der Waals surface area contributed by atoms with E-state index in [1.165, 1.54) is 12.1 Å². The van der Waals surface area contributed by atoms with Gasteiger partial charge in [-0.3, -0.25) is 9.59 Å². The second kappa shape index (κ2) is 12.6. The van der Waals surface area contributed by atoms with Crippen molar-refractivity contribution in [2.45, 2.75) is 116 Å². The lowest BCUT2D eigenvalue weighted by Crippen LogP contribution is -2.27. The number of rotatable bonds is 9. The first-order chi connectivity index (χ1) is 22.9. The largest absolute Gasteiger partial charge is 0.490 e. The molecule has 2 saturated carbocycles. The van der Waals surface area contributed by atoms with Gasteiger partial charge in [0.25, 0.3) is 5.91 Å². The topological polar surface area (TPSA) is 65.1 Å². The van der Waals surface area contributed by atoms with Crippen molar-refractivity contribution < 1.29 is 32.6 Å². The molecule has 3 aromatic carbocycles. The molecule has 0 saturated heterocycles. The maximum Gasteiger partial charge on any atom is 0.308 e. The molecular weight excluding hydrogens is 612 g/mol. The van der Waals surface area contributed by atoms with Crippen LogP contribution < -0.4 is 4.74 Å². The fourth-order valence-electron chi connectivity index (χ4n) is 7.87. The number of ether oxygens (including phenoxy) is 3. The highest BCUT2D eigenvalue weighted by atomic mass is 19.1. The number of halogens is 2. The molecule has 1 atom stereocenters. The van der Waals surface area contributed by atoms with Crippen molar-refractivity contribution in [2.75, 3.05) is 13.2 Å². The van der Waals surface area contributed by atoms with Crippen molar-refractivity contribution in [3.05, 3.63) is 86.5 Å². The van der Waals surface area contributed by atoms with Crippen molar-refractivity contribution in [1.82, 2.24) is 4.90 Å². The highest BCUT2D eigenvalue weighted by molar-refractivity contribution is 5.95. The monoisotopic (exact) mass is 657 g/mol. The van der Waals surface area contributed by atoms with Gasteiger partial charge in [0.05, 0.1) is 31.3 Å². The molecule has 0 bridgehead atoms. The minimum absolute atomic E-state index is 0.0161. The standard InChI is InChI=1S/C40H45F2NO5/c1-6-46-33(44)19-32(48-40(3,4)5)37-35(24-14-15-24)30-21-43(39(45)25-9-7-10-26(41)17-25)20-29(30)34(23-12-13-23)36(37)28-18-31(42)38-27(22(28)2)11-8-16-47-38/h7,9-10,17-18,23-24,32H,6,8,11-16,19-21H2,1-5H3/t32-/m1/s1. The Kier molecular flexibility index (Phi) is 8.59. The maximum absolute atomic E-state index is 16.1. The lowest BCUT2D eigenvalue weighted by Gasteiger charge is -2.34. The van der Waals surface area contributed by atoms with Crippen LogP contribution in [-0.2, 0) is 33.8 Å². The molecule has 0 radical (unpaired) electrons. The third kappa shape index (κ3) is 6.24. The summed E-state index contributed by atoms with van der Waals surface area (Å²) in [6.45, 7) is 11.3. The van der Waals surface area contributed by atoms with Gasteiger partial charge in [-0.05, 0) is 154 Å². The van der Waals surface area contributed by atoms with Crippen molar-refractivity contribution >= 4 is 11.9 Å². The van der Waals surface area contributed by atoms with E-state index in [0.717, 1.165) is 88.6 Å². The van der Waals surface area contributed by atoms with Crippen LogP contribution >= 0.6 is 0 Å². The predicted octanol–water partition coefficient (Wildman–Crippen LogP) is 8.99. The average Bonchev–Trinajstić information content (AvgIpc) is 3.98. The molecule has 0 N–H and O–H groups in total. The lowest BCUT2D eigenvalue weighted by atomic mass is 9.77. The molecule has 4 aliphatic rings. The van der Waals surface area contributed by atoms with Gasteiger partial charge in [-0.15, -0.1) is 0 Å². The molecule has 3 aromatic rings. The van der Waals surface area contributed by atoms with E-state index >= 15 is 4.39 Å². The summed E-state index contributed by atoms with van der Waals surface area (Å²) in [5.41, 5.74) is 8.73. The average molecular weight is 658 g/mol. The summed E-state index contributed by atoms with van der Waals surface area (Å²) >= 11 is 0. The first-order valence-corrected chi connectivity index (χ1v) is 17.5. The molecule has 6 nitrogen and oxygen atoms in total. The van der Waals surface area contributed by atoms with E-state index in [0.29, 0.717) is 31.0 Å². The molecule has 2 aliphatic carbocycles. The minimum atomic E-state index is -0.653. The summed E-state index contributed by atoms with van der Waals surface area (Å²) in [4.78, 5) is 29.0. The SMILES string of the molecule is CCOC(=O)C[C@@H](OC(C)(C)C)c1c(-c2cc(F)c3c(c2C)CCCO3)c(C2CC2)c2c(c1C1CC1)CN(C(=O)c1cccc(F)c1)C2. The number of nitrogens with zero attached hydrogens (tertiary/aromatic N) is 1. The van der Waals surface area contributed by atoms with Gasteiger partial charge in [0.15, 0.2) is 11.6 Å². The fourth-order valence-corrected chi connectivity index (χ4v) is 7.87. The number of hydrogen-bond donors (Lipinski definition) is 0. The van der Waals surface area contributed by atoms with Crippen molar-refractivity contribution in [2.24, 2.45) is 0 Å². The molecule has 2 fully saturated rings. The molecule has 2 heterocycles. The number of amides is 1. The number of carbonyl (C=O) groups is 2. The first kappa shape index (κ1) is 32.8. The smallest absolute Gasteiger partial charge is 0.308 e. The third-order valence-electron chi connectivity index (χ3n) is 10.1. The summed E-state index contributed by atoms with van der Waals surface area (Å²) in [5.74, 6) is -0.608. The van der Waals surface area contributed by atoms with Crippen LogP contribution in [0.15, 0.2) is 30.3 Å². The van der Waals surface area contributed by atoms with Crippen molar-refractivity contribution in [3.8, 4) is 16.9 Å². The zero-order valence-corrected chi connectivity index (χ0v) is 28.6. The van der Waals surface area contributed by atoms with Crippen LogP contribution in [0.4, 0.5) is 8.78 Å². The summed E-state index contributed by atoms with van der Waals surface area (Å²) in [6, 6.07) is 7.47. The van der Waals surface area contributed by atoms with Crippen molar-refractivity contribution in [3.63, 3.8) is 0 Å². The molecule has 48 heavy (non-hydrogen) atoms. The number of carbonyl (C=O) groups excluding carboxylic acids is 2. The minimum Gasteiger partial charge on any atom is -0.490 e. The van der Waals surface area contributed by atoms with Crippen molar-refractivity contribution in [1.29, 1.82) is 0 Å². The van der Waals surface area contributed by atoms with Crippen LogP contribution in [0.1, 0.15) is 133 Å². The normalized spacial score (nSPS) is 17.9. The zero-order chi connectivity index (χ0) is 33.9. The Morgan fingerprint density at radius 2 is 1.69 bits per heavy atom. The van der Waals surface area contributed by atoms with E-state index < -0.39 is 17.5 Å². The molecule has 8 heteroatoms. The number of hydrogen-bond acceptors (Lipinski definition) is 5. The van der Waals surface area contributed by atoms with Gasteiger partial charge < -0.3 is 19.1 Å². The van der Waals surface area contributed by atoms with Crippen LogP contribution in [-0.4, -0.2) is 35.6 Å². The Bertz CT molecular complexity index is 1790. The van der Waals surface area contributed by atoms with E-state index in [4.69, 9.17) is 14.2 Å². The van der Waals surface area contributed by atoms with Gasteiger partial charge in [-0.2, -0.15) is 0 Å². The maximum atomic E-state index is 16.1. The molecule has 0 unspecified atom stereocenters. The van der Waals surface area contributed by atoms with Gasteiger partial charge >= 0.3 is 5.97 Å². The molecule has 0 aromatic heterocycles. The number of fused-ring (bicyclic) bond motifs is 2. The Balaban J connectivity index is 1.51. The highest BCUT2D eigenvalue weighted by Crippen LogP contribution is 2.58. The summed E-state index contributed by atoms with van der Waals surface area (Å²) < 4.78 is 48.5. The van der Waals surface area contributed by atoms with Gasteiger partial charge in [0.1, 0.15) is 5.82 Å². The molecule has 7 rings (SSSR count). The number of esters is 1. The van der Waals surface area contributed by atoms with Crippen LogP contribution in [0, 0.1) is 18.6 Å². The van der Waals surface area contributed by atoms with Gasteiger partial charge in [-0.1, -0.05) is 6.07 Å². The van der Waals surface area contributed by atoms with Crippen LogP contribution in [0.2, 0.25) is 0 Å². The predicted molar refractivity (Wildman–Crippen MR) is 179 cm³/mol.